The molecule has 0 atom stereocenters. The van der Waals surface area contributed by atoms with Crippen LogP contribution < -0.4 is 10.0 Å². The van der Waals surface area contributed by atoms with Crippen molar-refractivity contribution < 1.29 is 22.6 Å². The van der Waals surface area contributed by atoms with Gasteiger partial charge in [0, 0.05) is 30.5 Å². The fourth-order valence-electron chi connectivity index (χ4n) is 3.95. The van der Waals surface area contributed by atoms with Gasteiger partial charge in [0.2, 0.25) is 5.91 Å². The van der Waals surface area contributed by atoms with Gasteiger partial charge < -0.3 is 9.74 Å². The van der Waals surface area contributed by atoms with Gasteiger partial charge in [0.15, 0.2) is 18.9 Å². The van der Waals surface area contributed by atoms with Crippen LogP contribution >= 0.6 is 11.8 Å². The number of amides is 1. The van der Waals surface area contributed by atoms with Gasteiger partial charge >= 0.3 is 0 Å². The van der Waals surface area contributed by atoms with Crippen molar-refractivity contribution >= 4 is 53.0 Å². The highest BCUT2D eigenvalue weighted by Gasteiger charge is 2.36. The third kappa shape index (κ3) is 8.02. The molecule has 0 aliphatic rings. The number of carbonyl (C=O) groups excluding carboxylic acids is 1. The first kappa shape index (κ1) is 33.1. The van der Waals surface area contributed by atoms with E-state index >= 15 is 0 Å². The molecule has 0 unspecified atom stereocenters. The molecule has 2 aromatic heterocycles. The van der Waals surface area contributed by atoms with Gasteiger partial charge in [-0.15, -0.1) is 0 Å². The van der Waals surface area contributed by atoms with Crippen molar-refractivity contribution in [3.8, 4) is 11.3 Å². The van der Waals surface area contributed by atoms with Crippen molar-refractivity contribution in [2.45, 2.75) is 55.2 Å². The Morgan fingerprint density at radius 3 is 2.59 bits per heavy atom. The summed E-state index contributed by atoms with van der Waals surface area (Å²) in [5.74, 6) is 0.0860. The number of nitro benzene ring substituents is 1. The number of hydrogen-bond acceptors (Lipinski definition) is 9. The summed E-state index contributed by atoms with van der Waals surface area (Å²) < 4.78 is 36.2. The number of benzene rings is 2. The zero-order valence-electron chi connectivity index (χ0n) is 25.2. The van der Waals surface area contributed by atoms with Gasteiger partial charge in [-0.05, 0) is 54.9 Å². The molecule has 4 rings (SSSR count). The van der Waals surface area contributed by atoms with Crippen molar-refractivity contribution in [1.82, 2.24) is 19.9 Å². The Hall–Kier alpha value is -3.79. The summed E-state index contributed by atoms with van der Waals surface area (Å²) in [5, 5.41) is 19.7. The maximum atomic E-state index is 13.0. The molecule has 0 saturated heterocycles. The number of thioether (sulfide) groups is 1. The predicted octanol–water partition coefficient (Wildman–Crippen LogP) is 5.73. The molecule has 15 heteroatoms. The van der Waals surface area contributed by atoms with Crippen molar-refractivity contribution in [1.29, 1.82) is 0 Å². The number of anilines is 1. The molecular formula is C29H36N6O6S2Si. The number of aromatic nitrogens is 3. The molecule has 0 aliphatic carbocycles. The highest BCUT2D eigenvalue weighted by molar-refractivity contribution is 7.99. The van der Waals surface area contributed by atoms with Crippen LogP contribution in [0.5, 0.6) is 0 Å². The average molecular weight is 657 g/mol. The van der Waals surface area contributed by atoms with Gasteiger partial charge in [-0.25, -0.2) is 17.9 Å². The maximum absolute atomic E-state index is 13.0. The van der Waals surface area contributed by atoms with Crippen molar-refractivity contribution in [3.05, 3.63) is 77.0 Å². The Kier molecular flexibility index (Phi) is 10.1. The fourth-order valence-corrected chi connectivity index (χ4v) is 6.95. The summed E-state index contributed by atoms with van der Waals surface area (Å²) in [6.45, 7) is 12.1. The Morgan fingerprint density at radius 1 is 1.11 bits per heavy atom. The highest BCUT2D eigenvalue weighted by atomic mass is 32.2. The van der Waals surface area contributed by atoms with E-state index in [9.17, 15) is 23.3 Å². The molecule has 2 N–H and O–H groups in total. The number of imidazole rings is 1. The van der Waals surface area contributed by atoms with Crippen LogP contribution in [0, 0.1) is 10.1 Å². The molecular weight excluding hydrogens is 621 g/mol. The summed E-state index contributed by atoms with van der Waals surface area (Å²) in [4.78, 5) is 27.0. The number of nitrogens with one attached hydrogen (secondary N) is 2. The molecule has 2 heterocycles. The molecule has 4 aromatic rings. The number of carbonyl (C=O) groups is 1. The molecule has 234 valence electrons. The minimum absolute atomic E-state index is 0.103. The molecule has 0 aliphatic heterocycles. The minimum Gasteiger partial charge on any atom is -0.417 e. The third-order valence-corrected chi connectivity index (χ3v) is 14.3. The Morgan fingerprint density at radius 2 is 1.86 bits per heavy atom. The van der Waals surface area contributed by atoms with E-state index in [1.165, 1.54) is 30.0 Å². The summed E-state index contributed by atoms with van der Waals surface area (Å²) >= 11 is 1.29. The highest BCUT2D eigenvalue weighted by Crippen LogP contribution is 2.36. The first-order valence-corrected chi connectivity index (χ1v) is 19.3. The van der Waals surface area contributed by atoms with Gasteiger partial charge in [0.05, 0.1) is 22.6 Å². The minimum atomic E-state index is -4.24. The van der Waals surface area contributed by atoms with Gasteiger partial charge in [-0.2, -0.15) is 5.10 Å². The molecule has 1 amide bonds. The monoisotopic (exact) mass is 656 g/mol. The van der Waals surface area contributed by atoms with Crippen LogP contribution in [0.25, 0.3) is 16.9 Å². The Bertz CT molecular complexity index is 1770. The molecule has 12 nitrogen and oxygen atoms in total. The smallest absolute Gasteiger partial charge is 0.289 e. The van der Waals surface area contributed by atoms with Crippen LogP contribution in [-0.2, 0) is 19.2 Å². The Labute approximate surface area is 262 Å². The number of sulfonamides is 1. The predicted molar refractivity (Wildman–Crippen MR) is 174 cm³/mol. The Balaban J connectivity index is 1.40. The molecule has 0 radical (unpaired) electrons. The second-order valence-electron chi connectivity index (χ2n) is 11.6. The normalized spacial score (nSPS) is 12.3. The molecule has 44 heavy (non-hydrogen) atoms. The number of nitro groups is 1. The second-order valence-corrected chi connectivity index (χ2v) is 19.1. The van der Waals surface area contributed by atoms with E-state index in [1.807, 2.05) is 0 Å². The topological polar surface area (TPSA) is 158 Å². The number of fused-ring (bicyclic) bond motifs is 1. The van der Waals surface area contributed by atoms with Crippen LogP contribution in [0.4, 0.5) is 11.4 Å². The van der Waals surface area contributed by atoms with E-state index in [0.29, 0.717) is 35.1 Å². The van der Waals surface area contributed by atoms with Crippen LogP contribution in [0.15, 0.2) is 76.8 Å². The summed E-state index contributed by atoms with van der Waals surface area (Å²) in [6, 6.07) is 15.3. The van der Waals surface area contributed by atoms with Gasteiger partial charge in [-0.3, -0.25) is 19.6 Å². The standard InChI is InChI=1S/C29H36N6O6S2Si/c1-29(2,3)44(4,5)41-17-9-16-30-27(36)20-42-28-15-14-26-31-19-24(34(26)32-28)21-10-8-11-22(18-21)33-43(39,40)25-13-7-6-12-23(25)35(37)38/h6-8,10-15,18-19,33H,9,16-17,20H2,1-5H3,(H,30,36). The zero-order valence-corrected chi connectivity index (χ0v) is 27.9. The van der Waals surface area contributed by atoms with Crippen LogP contribution in [-0.4, -0.2) is 61.1 Å². The average Bonchev–Trinajstić information content (AvgIpc) is 3.38. The van der Waals surface area contributed by atoms with E-state index in [-0.39, 0.29) is 22.4 Å². The van der Waals surface area contributed by atoms with Gasteiger partial charge in [0.1, 0.15) is 5.03 Å². The first-order chi connectivity index (χ1) is 20.7. The van der Waals surface area contributed by atoms with Crippen molar-refractivity contribution in [2.75, 3.05) is 23.6 Å². The zero-order chi connectivity index (χ0) is 32.1. The number of rotatable bonds is 13. The lowest BCUT2D eigenvalue weighted by molar-refractivity contribution is -0.387. The molecule has 2 aromatic carbocycles. The van der Waals surface area contributed by atoms with Crippen molar-refractivity contribution in [3.63, 3.8) is 0 Å². The molecule has 0 saturated carbocycles. The largest absolute Gasteiger partial charge is 0.417 e. The van der Waals surface area contributed by atoms with Crippen LogP contribution in [0.1, 0.15) is 27.2 Å². The lowest BCUT2D eigenvalue weighted by Crippen LogP contribution is -2.41. The molecule has 0 spiro atoms. The van der Waals surface area contributed by atoms with Crippen LogP contribution in [0.3, 0.4) is 0 Å². The van der Waals surface area contributed by atoms with Gasteiger partial charge in [0.25, 0.3) is 15.7 Å². The SMILES string of the molecule is CC(C)(C)[Si](C)(C)OCCCNC(=O)CSc1ccc2ncc(-c3cccc(NS(=O)(=O)c4ccccc4[N+](=O)[O-])c3)n2n1. The van der Waals surface area contributed by atoms with E-state index in [0.717, 1.165) is 12.5 Å². The summed E-state index contributed by atoms with van der Waals surface area (Å²) in [5.41, 5.74) is 1.48. The second kappa shape index (κ2) is 13.5. The quantitative estimate of drug-likeness (QED) is 0.0603. The lowest BCUT2D eigenvalue weighted by Gasteiger charge is -2.36. The summed E-state index contributed by atoms with van der Waals surface area (Å²) in [6.07, 6.45) is 2.36. The number of para-hydroxylation sites is 1. The fraction of sp³-hybridized carbons (Fsp3) is 0.345. The maximum Gasteiger partial charge on any atom is 0.289 e. The van der Waals surface area contributed by atoms with E-state index in [4.69, 9.17) is 4.43 Å². The van der Waals surface area contributed by atoms with E-state index < -0.39 is 33.8 Å². The van der Waals surface area contributed by atoms with Crippen LogP contribution in [0.2, 0.25) is 18.1 Å². The number of nitrogens with zero attached hydrogens (tertiary/aromatic N) is 4. The first-order valence-electron chi connectivity index (χ1n) is 13.9. The van der Waals surface area contributed by atoms with E-state index in [1.54, 1.807) is 47.1 Å². The third-order valence-electron chi connectivity index (χ3n) is 7.36. The van der Waals surface area contributed by atoms with Crippen molar-refractivity contribution in [2.24, 2.45) is 0 Å². The summed E-state index contributed by atoms with van der Waals surface area (Å²) in [7, 11) is -6.04. The number of hydrogen-bond donors (Lipinski definition) is 2. The van der Waals surface area contributed by atoms with Gasteiger partial charge in [-0.1, -0.05) is 56.8 Å². The molecule has 0 bridgehead atoms. The molecule has 0 fully saturated rings. The van der Waals surface area contributed by atoms with E-state index in [2.05, 4.69) is 54.0 Å². The lowest BCUT2D eigenvalue weighted by atomic mass is 10.1.